The van der Waals surface area contributed by atoms with Crippen molar-refractivity contribution in [1.29, 1.82) is 0 Å². The van der Waals surface area contributed by atoms with E-state index in [0.717, 1.165) is 24.8 Å². The van der Waals surface area contributed by atoms with Crippen molar-refractivity contribution >= 4 is 16.8 Å². The van der Waals surface area contributed by atoms with Gasteiger partial charge in [-0.05, 0) is 49.0 Å². The molecular formula is C20H24FN3O3. The number of nitrogens with one attached hydrogen (secondary N) is 1. The summed E-state index contributed by atoms with van der Waals surface area (Å²) < 4.78 is 18.7. The topological polar surface area (TPSA) is 65.6 Å². The number of aromatic amines is 1. The zero-order chi connectivity index (χ0) is 18.8. The quantitative estimate of drug-likeness (QED) is 0.890. The van der Waals surface area contributed by atoms with Gasteiger partial charge in [0.2, 0.25) is 5.91 Å². The van der Waals surface area contributed by atoms with Crippen LogP contribution in [-0.4, -0.2) is 60.1 Å². The molecule has 2 fully saturated rings. The largest absolute Gasteiger partial charge is 0.378 e. The van der Waals surface area contributed by atoms with Gasteiger partial charge in [0.15, 0.2) is 0 Å². The highest BCUT2D eigenvalue weighted by Crippen LogP contribution is 2.21. The standard InChI is InChI=1S/C20H24FN3O3/c21-17-4-3-14-10-16(19(25)22-18(14)11-17)13-23-5-1-2-15(12-23)20(26)24-6-8-27-9-7-24/h3-4,10-11,15H,1-2,5-9,12-13H2,(H,22,25). The van der Waals surface area contributed by atoms with E-state index in [2.05, 4.69) is 9.88 Å². The zero-order valence-corrected chi connectivity index (χ0v) is 15.2. The van der Waals surface area contributed by atoms with Crippen LogP contribution in [0.3, 0.4) is 0 Å². The summed E-state index contributed by atoms with van der Waals surface area (Å²) in [6.45, 7) is 4.57. The number of likely N-dealkylation sites (tertiary alicyclic amines) is 1. The van der Waals surface area contributed by atoms with E-state index in [1.807, 2.05) is 11.0 Å². The van der Waals surface area contributed by atoms with Crippen LogP contribution in [0.2, 0.25) is 0 Å². The van der Waals surface area contributed by atoms with Gasteiger partial charge in [-0.3, -0.25) is 14.5 Å². The van der Waals surface area contributed by atoms with Crippen LogP contribution >= 0.6 is 0 Å². The molecule has 0 bridgehead atoms. The van der Waals surface area contributed by atoms with Gasteiger partial charge in [0.1, 0.15) is 5.82 Å². The fourth-order valence-electron chi connectivity index (χ4n) is 4.02. The normalized spacial score (nSPS) is 21.5. The van der Waals surface area contributed by atoms with Crippen molar-refractivity contribution in [2.24, 2.45) is 5.92 Å². The Morgan fingerprint density at radius 3 is 2.85 bits per heavy atom. The van der Waals surface area contributed by atoms with E-state index in [-0.39, 0.29) is 23.2 Å². The van der Waals surface area contributed by atoms with Crippen molar-refractivity contribution in [3.63, 3.8) is 0 Å². The number of carbonyl (C=O) groups excluding carboxylic acids is 1. The van der Waals surface area contributed by atoms with Crippen LogP contribution in [0.1, 0.15) is 18.4 Å². The van der Waals surface area contributed by atoms with Gasteiger partial charge in [-0.15, -0.1) is 0 Å². The number of halogens is 1. The molecule has 0 radical (unpaired) electrons. The molecule has 2 aromatic rings. The molecule has 0 spiro atoms. The first kappa shape index (κ1) is 18.1. The number of piperidine rings is 1. The molecule has 1 amide bonds. The van der Waals surface area contributed by atoms with Gasteiger partial charge in [-0.2, -0.15) is 0 Å². The summed E-state index contributed by atoms with van der Waals surface area (Å²) in [4.78, 5) is 32.0. The second-order valence-corrected chi connectivity index (χ2v) is 7.37. The molecule has 7 heteroatoms. The molecular weight excluding hydrogens is 349 g/mol. The molecule has 2 aliphatic rings. The minimum absolute atomic E-state index is 0.0227. The van der Waals surface area contributed by atoms with Crippen LogP contribution in [0.25, 0.3) is 10.9 Å². The van der Waals surface area contributed by atoms with Gasteiger partial charge < -0.3 is 14.6 Å². The van der Waals surface area contributed by atoms with Crippen molar-refractivity contribution in [2.45, 2.75) is 19.4 Å². The van der Waals surface area contributed by atoms with Crippen LogP contribution in [0, 0.1) is 11.7 Å². The van der Waals surface area contributed by atoms with Gasteiger partial charge in [0, 0.05) is 31.7 Å². The molecule has 6 nitrogen and oxygen atoms in total. The predicted molar refractivity (Wildman–Crippen MR) is 99.9 cm³/mol. The van der Waals surface area contributed by atoms with Crippen LogP contribution in [0.4, 0.5) is 4.39 Å². The summed E-state index contributed by atoms with van der Waals surface area (Å²) in [5, 5.41) is 0.809. The number of pyridine rings is 1. The number of hydrogen-bond donors (Lipinski definition) is 1. The van der Waals surface area contributed by atoms with Gasteiger partial charge in [-0.25, -0.2) is 4.39 Å². The third-order valence-electron chi connectivity index (χ3n) is 5.46. The highest BCUT2D eigenvalue weighted by atomic mass is 19.1. The number of carbonyl (C=O) groups is 1. The number of amides is 1. The first-order valence-corrected chi connectivity index (χ1v) is 9.50. The molecule has 2 aliphatic heterocycles. The number of morpholine rings is 1. The van der Waals surface area contributed by atoms with Crippen LogP contribution < -0.4 is 5.56 Å². The van der Waals surface area contributed by atoms with Crippen molar-refractivity contribution in [3.05, 3.63) is 46.0 Å². The number of hydrogen-bond acceptors (Lipinski definition) is 4. The smallest absolute Gasteiger partial charge is 0.252 e. The lowest BCUT2D eigenvalue weighted by Crippen LogP contribution is -2.48. The Kier molecular flexibility index (Phi) is 5.22. The number of rotatable bonds is 3. The van der Waals surface area contributed by atoms with Crippen LogP contribution in [0.5, 0.6) is 0 Å². The second kappa shape index (κ2) is 7.78. The number of fused-ring (bicyclic) bond motifs is 1. The maximum atomic E-state index is 13.3. The number of H-pyrrole nitrogens is 1. The van der Waals surface area contributed by atoms with Crippen molar-refractivity contribution < 1.29 is 13.9 Å². The van der Waals surface area contributed by atoms with Crippen LogP contribution in [-0.2, 0) is 16.1 Å². The number of nitrogens with zero attached hydrogens (tertiary/aromatic N) is 2. The fourth-order valence-corrected chi connectivity index (χ4v) is 4.02. The lowest BCUT2D eigenvalue weighted by molar-refractivity contribution is -0.141. The monoisotopic (exact) mass is 373 g/mol. The Bertz CT molecular complexity index is 892. The number of benzene rings is 1. The molecule has 1 aromatic heterocycles. The van der Waals surface area contributed by atoms with Gasteiger partial charge >= 0.3 is 0 Å². The Hall–Kier alpha value is -2.25. The Morgan fingerprint density at radius 2 is 2.04 bits per heavy atom. The van der Waals surface area contributed by atoms with E-state index in [4.69, 9.17) is 4.74 Å². The SMILES string of the molecule is O=C(C1CCCN(Cc2cc3ccc(F)cc3[nH]c2=O)C1)N1CCOCC1. The minimum Gasteiger partial charge on any atom is -0.378 e. The molecule has 1 N–H and O–H groups in total. The van der Waals surface area contributed by atoms with Crippen molar-refractivity contribution in [1.82, 2.24) is 14.8 Å². The lowest BCUT2D eigenvalue weighted by atomic mass is 9.96. The van der Waals surface area contributed by atoms with Crippen LogP contribution in [0.15, 0.2) is 29.1 Å². The van der Waals surface area contributed by atoms with E-state index in [9.17, 15) is 14.0 Å². The summed E-state index contributed by atoms with van der Waals surface area (Å²) in [6.07, 6.45) is 1.83. The Balaban J connectivity index is 1.46. The Labute approximate surface area is 156 Å². The predicted octanol–water partition coefficient (Wildman–Crippen LogP) is 1.74. The van der Waals surface area contributed by atoms with Gasteiger partial charge in [0.25, 0.3) is 5.56 Å². The third-order valence-corrected chi connectivity index (χ3v) is 5.46. The first-order valence-electron chi connectivity index (χ1n) is 9.50. The Morgan fingerprint density at radius 1 is 1.22 bits per heavy atom. The first-order chi connectivity index (χ1) is 13.1. The van der Waals surface area contributed by atoms with Crippen molar-refractivity contribution in [2.75, 3.05) is 39.4 Å². The third kappa shape index (κ3) is 4.04. The maximum absolute atomic E-state index is 13.3. The highest BCUT2D eigenvalue weighted by Gasteiger charge is 2.30. The summed E-state index contributed by atoms with van der Waals surface area (Å²) in [6, 6.07) is 6.22. The van der Waals surface area contributed by atoms with Crippen molar-refractivity contribution in [3.8, 4) is 0 Å². The molecule has 144 valence electrons. The summed E-state index contributed by atoms with van der Waals surface area (Å²) >= 11 is 0. The summed E-state index contributed by atoms with van der Waals surface area (Å²) in [7, 11) is 0. The molecule has 27 heavy (non-hydrogen) atoms. The summed E-state index contributed by atoms with van der Waals surface area (Å²) in [5.41, 5.74) is 0.950. The average Bonchev–Trinajstić information content (AvgIpc) is 2.69. The molecule has 0 aliphatic carbocycles. The van der Waals surface area contributed by atoms with Gasteiger partial charge in [0.05, 0.1) is 24.6 Å². The van der Waals surface area contributed by atoms with Gasteiger partial charge in [-0.1, -0.05) is 0 Å². The number of aromatic nitrogens is 1. The molecule has 3 heterocycles. The zero-order valence-electron chi connectivity index (χ0n) is 15.2. The lowest BCUT2D eigenvalue weighted by Gasteiger charge is -2.36. The van der Waals surface area contributed by atoms with E-state index >= 15 is 0 Å². The van der Waals surface area contributed by atoms with E-state index < -0.39 is 0 Å². The van der Waals surface area contributed by atoms with E-state index in [1.54, 1.807) is 6.07 Å². The maximum Gasteiger partial charge on any atom is 0.252 e. The molecule has 0 saturated carbocycles. The van der Waals surface area contributed by atoms with E-state index in [1.165, 1.54) is 12.1 Å². The molecule has 1 unspecified atom stereocenters. The molecule has 1 atom stereocenters. The highest BCUT2D eigenvalue weighted by molar-refractivity contribution is 5.79. The second-order valence-electron chi connectivity index (χ2n) is 7.37. The molecule has 2 saturated heterocycles. The fraction of sp³-hybridized carbons (Fsp3) is 0.500. The average molecular weight is 373 g/mol. The molecule has 4 rings (SSSR count). The summed E-state index contributed by atoms with van der Waals surface area (Å²) in [5.74, 6) is -0.192. The van der Waals surface area contributed by atoms with E-state index in [0.29, 0.717) is 50.5 Å². The number of ether oxygens (including phenoxy) is 1. The minimum atomic E-state index is -0.369. The molecule has 1 aromatic carbocycles.